The Morgan fingerprint density at radius 1 is 1.38 bits per heavy atom. The van der Waals surface area contributed by atoms with Gasteiger partial charge in [-0.25, -0.2) is 14.4 Å². The van der Waals surface area contributed by atoms with Crippen molar-refractivity contribution in [3.05, 3.63) is 18.6 Å². The summed E-state index contributed by atoms with van der Waals surface area (Å²) in [4.78, 5) is 17.6. The first-order valence-corrected chi connectivity index (χ1v) is 10.3. The van der Waals surface area contributed by atoms with Crippen molar-refractivity contribution in [3.8, 4) is 0 Å². The Hall–Kier alpha value is -1.66. The Kier molecular flexibility index (Phi) is 7.01. The number of ether oxygens (including phenoxy) is 1. The van der Waals surface area contributed by atoms with E-state index in [1.165, 1.54) is 17.1 Å². The molecule has 164 valence electrons. The second-order valence-corrected chi connectivity index (χ2v) is 9.51. The molecule has 0 aromatic carbocycles. The van der Waals surface area contributed by atoms with E-state index in [0.717, 1.165) is 20.8 Å². The molecule has 4 atom stereocenters. The SMILES string of the molecule is CC(F)(CCO[C@H]([C@H](O)CO)n1ccc2c(N)ncnc21)OP(=O)(O)C(C)(C)O. The Labute approximate surface area is 166 Å². The third-order valence-corrected chi connectivity index (χ3v) is 6.18. The zero-order chi connectivity index (χ0) is 22.0. The summed E-state index contributed by atoms with van der Waals surface area (Å²) in [5, 5.41) is 27.5. The number of halogens is 1. The zero-order valence-corrected chi connectivity index (χ0v) is 17.2. The molecule has 2 aromatic heterocycles. The number of nitrogen functional groups attached to an aromatic ring is 1. The van der Waals surface area contributed by atoms with E-state index in [9.17, 15) is 29.2 Å². The molecule has 0 radical (unpaired) electrons. The van der Waals surface area contributed by atoms with Gasteiger partial charge in [-0.15, -0.1) is 0 Å². The minimum atomic E-state index is -4.67. The minimum Gasteiger partial charge on any atom is -0.394 e. The number of hydrogen-bond acceptors (Lipinski definition) is 9. The van der Waals surface area contributed by atoms with Gasteiger partial charge in [0.1, 0.15) is 23.9 Å². The van der Waals surface area contributed by atoms with Gasteiger partial charge in [0.25, 0.3) is 0 Å². The number of rotatable bonds is 10. The van der Waals surface area contributed by atoms with E-state index in [2.05, 4.69) is 14.5 Å². The van der Waals surface area contributed by atoms with Crippen molar-refractivity contribution in [2.75, 3.05) is 18.9 Å². The summed E-state index contributed by atoms with van der Waals surface area (Å²) >= 11 is 0. The number of nitrogens with zero attached hydrogens (tertiary/aromatic N) is 3. The lowest BCUT2D eigenvalue weighted by atomic mass is 10.2. The van der Waals surface area contributed by atoms with Crippen LogP contribution in [0, 0.1) is 0 Å². The monoisotopic (exact) mass is 436 g/mol. The van der Waals surface area contributed by atoms with Crippen molar-refractivity contribution in [2.24, 2.45) is 0 Å². The Morgan fingerprint density at radius 2 is 2.03 bits per heavy atom. The maximum atomic E-state index is 14.6. The van der Waals surface area contributed by atoms with Gasteiger partial charge in [0.15, 0.2) is 11.6 Å². The lowest BCUT2D eigenvalue weighted by molar-refractivity contribution is -0.127. The number of fused-ring (bicyclic) bond motifs is 1. The molecule has 29 heavy (non-hydrogen) atoms. The predicted octanol–water partition coefficient (Wildman–Crippen LogP) is 0.888. The van der Waals surface area contributed by atoms with Gasteiger partial charge in [0.2, 0.25) is 5.85 Å². The summed E-state index contributed by atoms with van der Waals surface area (Å²) in [7, 11) is -4.67. The fourth-order valence-corrected chi connectivity index (χ4v) is 3.27. The van der Waals surface area contributed by atoms with Crippen LogP contribution >= 0.6 is 7.60 Å². The predicted molar refractivity (Wildman–Crippen MR) is 101 cm³/mol. The van der Waals surface area contributed by atoms with Crippen LogP contribution in [-0.4, -0.2) is 65.3 Å². The van der Waals surface area contributed by atoms with Crippen molar-refractivity contribution in [1.29, 1.82) is 0 Å². The van der Waals surface area contributed by atoms with E-state index in [1.54, 1.807) is 6.07 Å². The second kappa shape index (κ2) is 8.60. The highest BCUT2D eigenvalue weighted by atomic mass is 31.2. The van der Waals surface area contributed by atoms with Gasteiger partial charge < -0.3 is 35.3 Å². The largest absolute Gasteiger partial charge is 0.394 e. The third kappa shape index (κ3) is 5.48. The standard InChI is InChI=1S/C16H26FN4O7P/c1-15(2,24)29(25,26)28-16(3,17)5-7-27-14(11(23)8-22)21-6-4-10-12(18)19-9-20-13(10)21/h4,6,9,11,14,22-24H,5,7-8H2,1-3H3,(H,25,26)(H2,18,19,20)/t11-,14-,16?/m1/s1. The number of aliphatic hydroxyl groups is 3. The average molecular weight is 436 g/mol. The molecule has 2 heterocycles. The highest BCUT2D eigenvalue weighted by Crippen LogP contribution is 2.56. The van der Waals surface area contributed by atoms with E-state index in [0.29, 0.717) is 11.0 Å². The van der Waals surface area contributed by atoms with Crippen LogP contribution in [0.15, 0.2) is 18.6 Å². The van der Waals surface area contributed by atoms with E-state index >= 15 is 0 Å². The molecule has 0 spiro atoms. The van der Waals surface area contributed by atoms with Crippen LogP contribution < -0.4 is 5.73 Å². The normalized spacial score (nSPS) is 18.9. The zero-order valence-electron chi connectivity index (χ0n) is 16.3. The Bertz CT molecular complexity index is 886. The Balaban J connectivity index is 2.14. The van der Waals surface area contributed by atoms with Gasteiger partial charge in [0.05, 0.1) is 18.6 Å². The molecule has 0 fully saturated rings. The van der Waals surface area contributed by atoms with E-state index < -0.39 is 44.2 Å². The van der Waals surface area contributed by atoms with E-state index in [1.807, 2.05) is 0 Å². The van der Waals surface area contributed by atoms with E-state index in [-0.39, 0.29) is 12.4 Å². The van der Waals surface area contributed by atoms with Crippen molar-refractivity contribution >= 4 is 24.4 Å². The molecule has 13 heteroatoms. The average Bonchev–Trinajstić information content (AvgIpc) is 3.01. The summed E-state index contributed by atoms with van der Waals surface area (Å²) in [6.07, 6.45) is -0.302. The summed E-state index contributed by atoms with van der Waals surface area (Å²) in [6.45, 7) is 1.96. The maximum Gasteiger partial charge on any atom is 0.361 e. The lowest BCUT2D eigenvalue weighted by Gasteiger charge is -2.31. The molecule has 0 amide bonds. The molecule has 0 saturated carbocycles. The molecule has 2 rings (SSSR count). The minimum absolute atomic E-state index is 0.209. The molecule has 2 unspecified atom stereocenters. The molecule has 0 bridgehead atoms. The quantitative estimate of drug-likeness (QED) is 0.337. The fraction of sp³-hybridized carbons (Fsp3) is 0.625. The number of nitrogens with two attached hydrogens (primary N) is 1. The molecule has 0 saturated heterocycles. The van der Waals surface area contributed by atoms with Crippen molar-refractivity contribution in [3.63, 3.8) is 0 Å². The molecule has 0 aliphatic carbocycles. The maximum absolute atomic E-state index is 14.6. The first-order valence-electron chi connectivity index (χ1n) is 8.71. The number of aromatic nitrogens is 3. The number of aliphatic hydroxyl groups excluding tert-OH is 2. The van der Waals surface area contributed by atoms with Gasteiger partial charge in [0, 0.05) is 12.6 Å². The van der Waals surface area contributed by atoms with Crippen molar-refractivity contribution in [1.82, 2.24) is 14.5 Å². The van der Waals surface area contributed by atoms with Gasteiger partial charge in [-0.3, -0.25) is 9.09 Å². The van der Waals surface area contributed by atoms with Gasteiger partial charge in [-0.2, -0.15) is 0 Å². The third-order valence-electron chi connectivity index (χ3n) is 4.17. The van der Waals surface area contributed by atoms with Crippen LogP contribution in [0.25, 0.3) is 11.0 Å². The molecule has 6 N–H and O–H groups in total. The van der Waals surface area contributed by atoms with Crippen LogP contribution in [0.3, 0.4) is 0 Å². The topological polar surface area (TPSA) is 173 Å². The second-order valence-electron chi connectivity index (χ2n) is 7.19. The van der Waals surface area contributed by atoms with Crippen LogP contribution in [0.5, 0.6) is 0 Å². The van der Waals surface area contributed by atoms with Gasteiger partial charge >= 0.3 is 7.60 Å². The first kappa shape index (κ1) is 23.6. The molecule has 0 aliphatic rings. The van der Waals surface area contributed by atoms with Crippen molar-refractivity contribution < 1.29 is 38.4 Å². The van der Waals surface area contributed by atoms with Gasteiger partial charge in [-0.1, -0.05) is 0 Å². The molecule has 0 aliphatic heterocycles. The van der Waals surface area contributed by atoms with Crippen LogP contribution in [0.4, 0.5) is 10.2 Å². The molecular weight excluding hydrogens is 410 g/mol. The fourth-order valence-electron chi connectivity index (χ4n) is 2.44. The number of anilines is 1. The van der Waals surface area contributed by atoms with Gasteiger partial charge in [-0.05, 0) is 26.8 Å². The summed E-state index contributed by atoms with van der Waals surface area (Å²) in [6, 6.07) is 1.60. The van der Waals surface area contributed by atoms with Crippen LogP contribution in [0.2, 0.25) is 0 Å². The summed E-state index contributed by atoms with van der Waals surface area (Å²) in [5.41, 5.74) is 6.11. The number of hydrogen-bond donors (Lipinski definition) is 5. The number of alkyl halides is 1. The molecule has 11 nitrogen and oxygen atoms in total. The van der Waals surface area contributed by atoms with Crippen LogP contribution in [0.1, 0.15) is 33.4 Å². The molecular formula is C16H26FN4O7P. The summed E-state index contributed by atoms with van der Waals surface area (Å²) in [5.74, 6) is -2.40. The summed E-state index contributed by atoms with van der Waals surface area (Å²) < 4.78 is 38.1. The lowest BCUT2D eigenvalue weighted by Crippen LogP contribution is -2.33. The first-order chi connectivity index (χ1) is 13.3. The van der Waals surface area contributed by atoms with Crippen LogP contribution in [-0.2, 0) is 13.8 Å². The molecule has 2 aromatic rings. The van der Waals surface area contributed by atoms with E-state index in [4.69, 9.17) is 10.5 Å². The highest BCUT2D eigenvalue weighted by Gasteiger charge is 2.45. The smallest absolute Gasteiger partial charge is 0.361 e. The highest BCUT2D eigenvalue weighted by molar-refractivity contribution is 7.54. The Morgan fingerprint density at radius 3 is 2.62 bits per heavy atom. The van der Waals surface area contributed by atoms with Crippen molar-refractivity contribution in [2.45, 2.75) is 50.7 Å².